The third kappa shape index (κ3) is 6.56. The van der Waals surface area contributed by atoms with Gasteiger partial charge in [0.15, 0.2) is 17.7 Å². The molecule has 0 spiro atoms. The van der Waals surface area contributed by atoms with Crippen LogP contribution in [0.15, 0.2) is 48.8 Å². The van der Waals surface area contributed by atoms with Crippen LogP contribution in [0.4, 0.5) is 10.2 Å². The lowest BCUT2D eigenvalue weighted by Gasteiger charge is -2.33. The van der Waals surface area contributed by atoms with Crippen LogP contribution in [0, 0.1) is 19.7 Å². The number of carbonyl (C=O) groups is 1. The minimum atomic E-state index is -1.34. The van der Waals surface area contributed by atoms with Crippen LogP contribution in [0.3, 0.4) is 0 Å². The van der Waals surface area contributed by atoms with E-state index in [1.807, 2.05) is 63.7 Å². The summed E-state index contributed by atoms with van der Waals surface area (Å²) in [6.07, 6.45) is 3.72. The summed E-state index contributed by atoms with van der Waals surface area (Å²) in [5.74, 6) is -0.404. The largest absolute Gasteiger partial charge is 0.490 e. The zero-order valence-electron chi connectivity index (χ0n) is 30.4. The third-order valence-corrected chi connectivity index (χ3v) is 9.99. The van der Waals surface area contributed by atoms with E-state index in [1.54, 1.807) is 13.1 Å². The maximum atomic E-state index is 15.9. The highest BCUT2D eigenvalue weighted by atomic mass is 19.1. The van der Waals surface area contributed by atoms with Crippen molar-refractivity contribution in [1.29, 1.82) is 0 Å². The molecule has 1 N–H and O–H groups in total. The molecule has 5 aromatic rings. The van der Waals surface area contributed by atoms with Gasteiger partial charge in [-0.3, -0.25) is 4.98 Å². The van der Waals surface area contributed by atoms with Crippen LogP contribution in [-0.2, 0) is 23.0 Å². The highest BCUT2D eigenvalue weighted by Gasteiger charge is 2.34. The number of piperazine rings is 1. The van der Waals surface area contributed by atoms with E-state index in [2.05, 4.69) is 34.0 Å². The molecule has 0 bridgehead atoms. The number of halogens is 1. The highest BCUT2D eigenvalue weighted by molar-refractivity contribution is 6.01. The standard InChI is InChI=1S/C40H45FN6O4/c1-23-27-9-8-18-50-36(27)30(41)21-28(23)35-29-22-32(46(7)38(29)44-24(2)34(35)37(39(48)49)51-40(3,4)5)26-11-12-42-31(19-26)25-10-13-43-33(20-25)47-16-14-45(6)15-17-47/h10-13,19-22,37H,8-9,14-18H2,1-7H3,(H,48,49)/t37-/m0/s1. The van der Waals surface area contributed by atoms with Gasteiger partial charge in [0.05, 0.1) is 23.6 Å². The van der Waals surface area contributed by atoms with Gasteiger partial charge in [-0.1, -0.05) is 0 Å². The lowest BCUT2D eigenvalue weighted by molar-refractivity contribution is -0.160. The molecule has 0 saturated carbocycles. The van der Waals surface area contributed by atoms with Gasteiger partial charge in [-0.2, -0.15) is 0 Å². The van der Waals surface area contributed by atoms with Crippen LogP contribution in [0.1, 0.15) is 55.7 Å². The Kier molecular flexibility index (Phi) is 9.05. The topological polar surface area (TPSA) is 106 Å². The number of likely N-dealkylation sites (N-methyl/N-ethyl adjacent to an activating group) is 1. The molecule has 11 heteroatoms. The summed E-state index contributed by atoms with van der Waals surface area (Å²) in [7, 11) is 4.08. The van der Waals surface area contributed by atoms with Crippen LogP contribution in [-0.4, -0.2) is 80.9 Å². The van der Waals surface area contributed by atoms with Gasteiger partial charge in [-0.15, -0.1) is 0 Å². The van der Waals surface area contributed by atoms with Crippen molar-refractivity contribution in [3.05, 3.63) is 77.0 Å². The van der Waals surface area contributed by atoms with E-state index in [0.29, 0.717) is 46.4 Å². The summed E-state index contributed by atoms with van der Waals surface area (Å²) in [6, 6.07) is 11.6. The minimum Gasteiger partial charge on any atom is -0.490 e. The van der Waals surface area contributed by atoms with Crippen LogP contribution in [0.2, 0.25) is 0 Å². The number of hydrogen-bond acceptors (Lipinski definition) is 8. The number of aryl methyl sites for hydroxylation is 2. The Balaban J connectivity index is 1.41. The van der Waals surface area contributed by atoms with Crippen molar-refractivity contribution in [2.24, 2.45) is 7.05 Å². The summed E-state index contributed by atoms with van der Waals surface area (Å²) >= 11 is 0. The van der Waals surface area contributed by atoms with Gasteiger partial charge < -0.3 is 28.9 Å². The number of ether oxygens (including phenoxy) is 2. The maximum Gasteiger partial charge on any atom is 0.337 e. The number of hydrogen-bond donors (Lipinski definition) is 1. The number of rotatable bonds is 7. The van der Waals surface area contributed by atoms with Crippen molar-refractivity contribution in [1.82, 2.24) is 24.4 Å². The molecule has 6 heterocycles. The van der Waals surface area contributed by atoms with E-state index >= 15 is 4.39 Å². The fraction of sp³-hybridized carbons (Fsp3) is 0.400. The van der Waals surface area contributed by atoms with Gasteiger partial charge in [-0.25, -0.2) is 19.2 Å². The Morgan fingerprint density at radius 2 is 1.73 bits per heavy atom. The van der Waals surface area contributed by atoms with Gasteiger partial charge in [-0.05, 0) is 102 Å². The molecule has 0 aliphatic carbocycles. The molecular weight excluding hydrogens is 647 g/mol. The second kappa shape index (κ2) is 13.4. The Morgan fingerprint density at radius 3 is 2.45 bits per heavy atom. The van der Waals surface area contributed by atoms with Gasteiger partial charge in [0.1, 0.15) is 11.5 Å². The Hall–Kier alpha value is -4.87. The Labute approximate surface area is 297 Å². The zero-order chi connectivity index (χ0) is 36.2. The van der Waals surface area contributed by atoms with Crippen molar-refractivity contribution in [3.63, 3.8) is 0 Å². The molecule has 1 fully saturated rings. The maximum absolute atomic E-state index is 15.9. The van der Waals surface area contributed by atoms with Gasteiger partial charge in [0.25, 0.3) is 0 Å². The molecule has 2 aliphatic heterocycles. The van der Waals surface area contributed by atoms with E-state index in [0.717, 1.165) is 72.1 Å². The van der Waals surface area contributed by atoms with Crippen LogP contribution in [0.5, 0.6) is 5.75 Å². The molecule has 7 rings (SSSR count). The molecule has 0 radical (unpaired) electrons. The first-order chi connectivity index (χ1) is 24.3. The highest BCUT2D eigenvalue weighted by Crippen LogP contribution is 2.45. The number of carboxylic acids is 1. The summed E-state index contributed by atoms with van der Waals surface area (Å²) in [5, 5.41) is 11.3. The number of benzene rings is 1. The molecular formula is C40H45FN6O4. The summed E-state index contributed by atoms with van der Waals surface area (Å²) in [4.78, 5) is 32.0. The van der Waals surface area contributed by atoms with E-state index in [-0.39, 0.29) is 5.75 Å². The molecule has 10 nitrogen and oxygen atoms in total. The first kappa shape index (κ1) is 34.6. The van der Waals surface area contributed by atoms with Crippen LogP contribution < -0.4 is 9.64 Å². The number of nitrogens with zero attached hydrogens (tertiary/aromatic N) is 6. The number of aromatic nitrogens is 4. The lowest BCUT2D eigenvalue weighted by atomic mass is 9.86. The van der Waals surface area contributed by atoms with Gasteiger partial charge >= 0.3 is 5.97 Å². The molecule has 2 aliphatic rings. The normalized spacial score (nSPS) is 15.9. The molecule has 51 heavy (non-hydrogen) atoms. The van der Waals surface area contributed by atoms with Crippen molar-refractivity contribution in [2.75, 3.05) is 44.7 Å². The first-order valence-electron chi connectivity index (χ1n) is 17.5. The second-order valence-electron chi connectivity index (χ2n) is 14.7. The van der Waals surface area contributed by atoms with Crippen molar-refractivity contribution >= 4 is 22.8 Å². The number of carboxylic acid groups (broad SMARTS) is 1. The fourth-order valence-electron chi connectivity index (χ4n) is 7.38. The first-order valence-corrected chi connectivity index (χ1v) is 17.5. The molecule has 266 valence electrons. The van der Waals surface area contributed by atoms with Crippen molar-refractivity contribution in [3.8, 4) is 39.4 Å². The number of pyridine rings is 3. The SMILES string of the molecule is Cc1nc2c(cc(-c3ccnc(-c4ccnc(N5CCN(C)CC5)c4)c3)n2C)c(-c2cc(F)c3c(c2C)CCCO3)c1[C@H](OC(C)(C)C)C(=O)O. The minimum absolute atomic E-state index is 0.275. The van der Waals surface area contributed by atoms with Gasteiger partial charge in [0, 0.05) is 84.5 Å². The lowest BCUT2D eigenvalue weighted by Crippen LogP contribution is -2.44. The zero-order valence-corrected chi connectivity index (χ0v) is 30.4. The van der Waals surface area contributed by atoms with Crippen molar-refractivity contribution < 1.29 is 23.8 Å². The van der Waals surface area contributed by atoms with Crippen LogP contribution >= 0.6 is 0 Å². The van der Waals surface area contributed by atoms with Gasteiger partial charge in [0.2, 0.25) is 0 Å². The molecule has 0 unspecified atom stereocenters. The van der Waals surface area contributed by atoms with Crippen LogP contribution in [0.25, 0.3) is 44.7 Å². The third-order valence-electron chi connectivity index (χ3n) is 9.99. The molecule has 1 atom stereocenters. The predicted octanol–water partition coefficient (Wildman–Crippen LogP) is 7.14. The summed E-state index contributed by atoms with van der Waals surface area (Å²) in [6.45, 7) is 13.5. The van der Waals surface area contributed by atoms with E-state index < -0.39 is 23.5 Å². The Bertz CT molecular complexity index is 2150. The monoisotopic (exact) mass is 692 g/mol. The smallest absolute Gasteiger partial charge is 0.337 e. The average Bonchev–Trinajstić information content (AvgIpc) is 3.43. The van der Waals surface area contributed by atoms with E-state index in [4.69, 9.17) is 19.4 Å². The molecule has 4 aromatic heterocycles. The van der Waals surface area contributed by atoms with E-state index in [9.17, 15) is 9.90 Å². The number of aliphatic carboxylic acids is 1. The van der Waals surface area contributed by atoms with E-state index in [1.165, 1.54) is 6.07 Å². The molecule has 0 amide bonds. The molecule has 1 aromatic carbocycles. The number of fused-ring (bicyclic) bond motifs is 2. The predicted molar refractivity (Wildman–Crippen MR) is 197 cm³/mol. The quantitative estimate of drug-likeness (QED) is 0.191. The summed E-state index contributed by atoms with van der Waals surface area (Å²) < 4.78 is 29.9. The Morgan fingerprint density at radius 1 is 1.00 bits per heavy atom. The molecule has 1 saturated heterocycles. The second-order valence-corrected chi connectivity index (χ2v) is 14.7. The fourth-order valence-corrected chi connectivity index (χ4v) is 7.38. The number of anilines is 1. The summed E-state index contributed by atoms with van der Waals surface area (Å²) in [5.41, 5.74) is 7.16. The average molecular weight is 693 g/mol. The van der Waals surface area contributed by atoms with Crippen molar-refractivity contribution in [2.45, 2.75) is 59.2 Å².